The van der Waals surface area contributed by atoms with Crippen molar-refractivity contribution >= 4 is 11.8 Å². The molecule has 136 valence electrons. The highest BCUT2D eigenvalue weighted by molar-refractivity contribution is 5.81. The lowest BCUT2D eigenvalue weighted by Gasteiger charge is -2.34. The minimum absolute atomic E-state index is 0.0518. The van der Waals surface area contributed by atoms with Crippen LogP contribution in [0.1, 0.15) is 43.7 Å². The molecule has 5 heteroatoms. The van der Waals surface area contributed by atoms with Crippen molar-refractivity contribution in [1.82, 2.24) is 9.80 Å². The minimum Gasteiger partial charge on any atom is -0.497 e. The number of likely N-dealkylation sites (tertiary alicyclic amines) is 1. The fraction of sp³-hybridized carbons (Fsp3) is 0.600. The maximum Gasteiger partial charge on any atom is 0.227 e. The zero-order valence-electron chi connectivity index (χ0n) is 15.3. The van der Waals surface area contributed by atoms with Gasteiger partial charge in [0.2, 0.25) is 11.8 Å². The van der Waals surface area contributed by atoms with Crippen LogP contribution in [0.2, 0.25) is 0 Å². The molecule has 2 aliphatic rings. The maximum absolute atomic E-state index is 13.1. The number of hydrogen-bond acceptors (Lipinski definition) is 3. The number of aryl methyl sites for hydroxylation is 1. The fourth-order valence-electron chi connectivity index (χ4n) is 3.94. The number of piperidine rings is 1. The number of nitrogens with zero attached hydrogens (tertiary/aromatic N) is 2. The summed E-state index contributed by atoms with van der Waals surface area (Å²) in [6.45, 7) is 4.70. The largest absolute Gasteiger partial charge is 0.497 e. The normalized spacial score (nSPS) is 20.6. The van der Waals surface area contributed by atoms with Gasteiger partial charge in [0.15, 0.2) is 0 Å². The molecular weight excluding hydrogens is 316 g/mol. The summed E-state index contributed by atoms with van der Waals surface area (Å²) in [5.41, 5.74) is 2.49. The summed E-state index contributed by atoms with van der Waals surface area (Å²) in [4.78, 5) is 28.9. The molecule has 3 rings (SSSR count). The highest BCUT2D eigenvalue weighted by Gasteiger charge is 2.31. The lowest BCUT2D eigenvalue weighted by molar-refractivity contribution is -0.141. The fourth-order valence-corrected chi connectivity index (χ4v) is 3.94. The molecule has 25 heavy (non-hydrogen) atoms. The van der Waals surface area contributed by atoms with Crippen molar-refractivity contribution in [3.63, 3.8) is 0 Å². The lowest BCUT2D eigenvalue weighted by Crippen LogP contribution is -2.46. The van der Waals surface area contributed by atoms with Crippen LogP contribution in [-0.2, 0) is 22.6 Å². The summed E-state index contributed by atoms with van der Waals surface area (Å²) in [7, 11) is 1.68. The van der Waals surface area contributed by atoms with Gasteiger partial charge in [-0.1, -0.05) is 13.0 Å². The van der Waals surface area contributed by atoms with Crippen molar-refractivity contribution in [2.24, 2.45) is 5.92 Å². The summed E-state index contributed by atoms with van der Waals surface area (Å²) in [5, 5.41) is 0. The average Bonchev–Trinajstić information content (AvgIpc) is 2.88. The molecule has 0 radical (unpaired) electrons. The Hall–Kier alpha value is -2.04. The molecule has 1 atom stereocenters. The van der Waals surface area contributed by atoms with Gasteiger partial charge >= 0.3 is 0 Å². The van der Waals surface area contributed by atoms with E-state index in [4.69, 9.17) is 4.74 Å². The van der Waals surface area contributed by atoms with Crippen molar-refractivity contribution in [2.75, 3.05) is 26.7 Å². The van der Waals surface area contributed by atoms with Gasteiger partial charge in [0, 0.05) is 32.6 Å². The van der Waals surface area contributed by atoms with Crippen molar-refractivity contribution in [1.29, 1.82) is 0 Å². The number of ether oxygens (including phenoxy) is 1. The molecule has 0 N–H and O–H groups in total. The number of benzene rings is 1. The maximum atomic E-state index is 13.1. The predicted octanol–water partition coefficient (Wildman–Crippen LogP) is 2.62. The Labute approximate surface area is 149 Å². The average molecular weight is 344 g/mol. The van der Waals surface area contributed by atoms with Crippen LogP contribution in [0, 0.1) is 5.92 Å². The van der Waals surface area contributed by atoms with Crippen molar-refractivity contribution in [2.45, 2.75) is 45.6 Å². The van der Waals surface area contributed by atoms with Gasteiger partial charge in [0.1, 0.15) is 5.75 Å². The third kappa shape index (κ3) is 3.97. The highest BCUT2D eigenvalue weighted by atomic mass is 16.5. The molecule has 0 aromatic heterocycles. The first-order valence-corrected chi connectivity index (χ1v) is 9.34. The molecule has 0 spiro atoms. The number of fused-ring (bicyclic) bond motifs is 1. The Kier molecular flexibility index (Phi) is 5.61. The zero-order valence-corrected chi connectivity index (χ0v) is 15.3. The van der Waals surface area contributed by atoms with E-state index >= 15 is 0 Å². The van der Waals surface area contributed by atoms with Crippen LogP contribution >= 0.6 is 0 Å². The SMILES string of the molecule is CCC(=O)N1CCC[C@H](C(=O)N2CCCc3cc(OC)ccc3C2)C1. The van der Waals surface area contributed by atoms with E-state index in [1.807, 2.05) is 22.8 Å². The Balaban J connectivity index is 1.70. The topological polar surface area (TPSA) is 49.9 Å². The molecule has 1 aromatic carbocycles. The Morgan fingerprint density at radius 2 is 1.96 bits per heavy atom. The second-order valence-electron chi connectivity index (χ2n) is 7.03. The number of methoxy groups -OCH3 is 1. The van der Waals surface area contributed by atoms with Crippen molar-refractivity contribution < 1.29 is 14.3 Å². The number of amides is 2. The van der Waals surface area contributed by atoms with Crippen LogP contribution in [0.3, 0.4) is 0 Å². The van der Waals surface area contributed by atoms with Gasteiger partial charge in [0.05, 0.1) is 13.0 Å². The van der Waals surface area contributed by atoms with E-state index in [0.29, 0.717) is 19.5 Å². The molecule has 2 heterocycles. The Morgan fingerprint density at radius 1 is 1.16 bits per heavy atom. The van der Waals surface area contributed by atoms with E-state index in [2.05, 4.69) is 12.1 Å². The van der Waals surface area contributed by atoms with Gasteiger partial charge in [-0.2, -0.15) is 0 Å². The second kappa shape index (κ2) is 7.89. The third-order valence-corrected chi connectivity index (χ3v) is 5.39. The van der Waals surface area contributed by atoms with Gasteiger partial charge in [0.25, 0.3) is 0 Å². The van der Waals surface area contributed by atoms with Gasteiger partial charge in [-0.05, 0) is 48.9 Å². The van der Waals surface area contributed by atoms with E-state index in [9.17, 15) is 9.59 Å². The minimum atomic E-state index is -0.0518. The van der Waals surface area contributed by atoms with Crippen LogP contribution < -0.4 is 4.74 Å². The van der Waals surface area contributed by atoms with Crippen LogP contribution in [0.4, 0.5) is 0 Å². The van der Waals surface area contributed by atoms with Crippen LogP contribution in [-0.4, -0.2) is 48.4 Å². The summed E-state index contributed by atoms with van der Waals surface area (Å²) < 4.78 is 5.32. The number of rotatable bonds is 3. The number of carbonyl (C=O) groups excluding carboxylic acids is 2. The third-order valence-electron chi connectivity index (χ3n) is 5.39. The Morgan fingerprint density at radius 3 is 2.72 bits per heavy atom. The van der Waals surface area contributed by atoms with E-state index in [1.54, 1.807) is 7.11 Å². The summed E-state index contributed by atoms with van der Waals surface area (Å²) in [6, 6.07) is 6.13. The predicted molar refractivity (Wildman–Crippen MR) is 96.3 cm³/mol. The molecule has 1 saturated heterocycles. The van der Waals surface area contributed by atoms with Gasteiger partial charge in [-0.15, -0.1) is 0 Å². The molecule has 1 aromatic rings. The molecule has 1 fully saturated rings. The van der Waals surface area contributed by atoms with Gasteiger partial charge in [-0.3, -0.25) is 9.59 Å². The molecule has 2 amide bonds. The zero-order chi connectivity index (χ0) is 17.8. The standard InChI is InChI=1S/C20H28N2O3/c1-3-19(23)21-10-5-7-17(14-21)20(24)22-11-4-6-15-12-18(25-2)9-8-16(15)13-22/h8-9,12,17H,3-7,10-11,13-14H2,1-2H3/t17-/m0/s1. The first-order chi connectivity index (χ1) is 12.1. The molecule has 0 unspecified atom stereocenters. The first kappa shape index (κ1) is 17.8. The Bertz CT molecular complexity index is 644. The summed E-state index contributed by atoms with van der Waals surface area (Å²) in [6.07, 6.45) is 4.26. The molecule has 0 saturated carbocycles. The second-order valence-corrected chi connectivity index (χ2v) is 7.03. The number of carbonyl (C=O) groups is 2. The van der Waals surface area contributed by atoms with Crippen LogP contribution in [0.5, 0.6) is 5.75 Å². The molecule has 5 nitrogen and oxygen atoms in total. The van der Waals surface area contributed by atoms with Gasteiger partial charge < -0.3 is 14.5 Å². The molecule has 0 aliphatic carbocycles. The highest BCUT2D eigenvalue weighted by Crippen LogP contribution is 2.26. The quantitative estimate of drug-likeness (QED) is 0.847. The molecular formula is C20H28N2O3. The lowest BCUT2D eigenvalue weighted by atomic mass is 9.96. The van der Waals surface area contributed by atoms with E-state index in [-0.39, 0.29) is 17.7 Å². The summed E-state index contributed by atoms with van der Waals surface area (Å²) >= 11 is 0. The van der Waals surface area contributed by atoms with E-state index < -0.39 is 0 Å². The number of hydrogen-bond donors (Lipinski definition) is 0. The van der Waals surface area contributed by atoms with Crippen molar-refractivity contribution in [3.8, 4) is 5.75 Å². The van der Waals surface area contributed by atoms with Crippen LogP contribution in [0.25, 0.3) is 0 Å². The van der Waals surface area contributed by atoms with E-state index in [1.165, 1.54) is 11.1 Å². The monoisotopic (exact) mass is 344 g/mol. The van der Waals surface area contributed by atoms with Crippen molar-refractivity contribution in [3.05, 3.63) is 29.3 Å². The summed E-state index contributed by atoms with van der Waals surface area (Å²) in [5.74, 6) is 1.19. The molecule has 2 aliphatic heterocycles. The smallest absolute Gasteiger partial charge is 0.227 e. The van der Waals surface area contributed by atoms with E-state index in [0.717, 1.165) is 44.5 Å². The van der Waals surface area contributed by atoms with Crippen LogP contribution in [0.15, 0.2) is 18.2 Å². The molecule has 0 bridgehead atoms. The van der Waals surface area contributed by atoms with Gasteiger partial charge in [-0.25, -0.2) is 0 Å². The first-order valence-electron chi connectivity index (χ1n) is 9.34.